The van der Waals surface area contributed by atoms with Crippen LogP contribution in [0.15, 0.2) is 0 Å². The number of rotatable bonds is 6. The highest BCUT2D eigenvalue weighted by Crippen LogP contribution is 2.56. The maximum atomic E-state index is 12.3. The molecule has 0 aromatic carbocycles. The maximum absolute atomic E-state index is 12.3. The van der Waals surface area contributed by atoms with Crippen LogP contribution in [0.3, 0.4) is 0 Å². The molecule has 0 spiro atoms. The molecule has 0 amide bonds. The zero-order chi connectivity index (χ0) is 18.0. The van der Waals surface area contributed by atoms with E-state index in [1.165, 1.54) is 0 Å². The summed E-state index contributed by atoms with van der Waals surface area (Å²) in [4.78, 5) is 17.1. The molecule has 2 atom stereocenters. The first-order valence-electron chi connectivity index (χ1n) is 9.52. The number of carbonyl (C=O) groups excluding carboxylic acids is 1. The zero-order valence-electron chi connectivity index (χ0n) is 16.3. The van der Waals surface area contributed by atoms with Crippen molar-refractivity contribution in [3.8, 4) is 0 Å². The van der Waals surface area contributed by atoms with Gasteiger partial charge in [0.05, 0.1) is 6.42 Å². The van der Waals surface area contributed by atoms with E-state index in [0.29, 0.717) is 12.3 Å². The first-order chi connectivity index (χ1) is 11.2. The number of nitrogens with two attached hydrogens (primary N) is 1. The molecule has 5 nitrogen and oxygen atoms in total. The van der Waals surface area contributed by atoms with Gasteiger partial charge in [-0.25, -0.2) is 0 Å². The molecule has 2 N–H and O–H groups in total. The van der Waals surface area contributed by atoms with Crippen LogP contribution in [0.5, 0.6) is 0 Å². The Morgan fingerprint density at radius 2 is 1.58 bits per heavy atom. The van der Waals surface area contributed by atoms with Crippen LogP contribution in [0, 0.1) is 16.7 Å². The van der Waals surface area contributed by atoms with Gasteiger partial charge in [0, 0.05) is 51.2 Å². The Hall–Kier alpha value is -0.650. The van der Waals surface area contributed by atoms with E-state index in [1.807, 2.05) is 0 Å². The molecule has 0 aromatic heterocycles. The van der Waals surface area contributed by atoms with E-state index in [0.717, 1.165) is 52.2 Å². The topological polar surface area (TPSA) is 58.8 Å². The molecule has 1 aliphatic carbocycles. The van der Waals surface area contributed by atoms with Gasteiger partial charge in [-0.2, -0.15) is 0 Å². The molecule has 1 heterocycles. The summed E-state index contributed by atoms with van der Waals surface area (Å²) in [6.45, 7) is 18.0. The number of hydrogen-bond acceptors (Lipinski definition) is 5. The summed E-state index contributed by atoms with van der Waals surface area (Å²) in [6, 6.07) is 0. The Bertz CT molecular complexity index is 428. The van der Waals surface area contributed by atoms with Gasteiger partial charge in [0.25, 0.3) is 0 Å². The molecule has 2 aliphatic rings. The van der Waals surface area contributed by atoms with Crippen LogP contribution in [0.4, 0.5) is 0 Å². The van der Waals surface area contributed by atoms with E-state index < -0.39 is 0 Å². The SMILES string of the molecule is CC1CC(OC(=O)CCN2CCN(CCN)CC2)C(C)(C)C1(C)C. The maximum Gasteiger partial charge on any atom is 0.307 e. The van der Waals surface area contributed by atoms with E-state index in [2.05, 4.69) is 44.4 Å². The van der Waals surface area contributed by atoms with Crippen LogP contribution in [0.1, 0.15) is 47.5 Å². The minimum Gasteiger partial charge on any atom is -0.462 e. The fourth-order valence-corrected chi connectivity index (χ4v) is 4.04. The van der Waals surface area contributed by atoms with Gasteiger partial charge in [0.15, 0.2) is 0 Å². The van der Waals surface area contributed by atoms with Crippen LogP contribution >= 0.6 is 0 Å². The van der Waals surface area contributed by atoms with Crippen LogP contribution < -0.4 is 5.73 Å². The van der Waals surface area contributed by atoms with Crippen molar-refractivity contribution >= 4 is 5.97 Å². The predicted molar refractivity (Wildman–Crippen MR) is 97.8 cm³/mol. The number of esters is 1. The fourth-order valence-electron chi connectivity index (χ4n) is 4.04. The third kappa shape index (κ3) is 4.12. The van der Waals surface area contributed by atoms with Crippen molar-refractivity contribution in [3.63, 3.8) is 0 Å². The molecular weight excluding hydrogens is 302 g/mol. The van der Waals surface area contributed by atoms with Gasteiger partial charge >= 0.3 is 5.97 Å². The average molecular weight is 340 g/mol. The zero-order valence-corrected chi connectivity index (χ0v) is 16.3. The number of carbonyl (C=O) groups is 1. The summed E-state index contributed by atoms with van der Waals surface area (Å²) in [6.07, 6.45) is 1.51. The lowest BCUT2D eigenvalue weighted by Gasteiger charge is -2.40. The lowest BCUT2D eigenvalue weighted by Crippen LogP contribution is -2.48. The van der Waals surface area contributed by atoms with Crippen molar-refractivity contribution in [1.29, 1.82) is 0 Å². The summed E-state index contributed by atoms with van der Waals surface area (Å²) in [5.74, 6) is 0.531. The van der Waals surface area contributed by atoms with Crippen LogP contribution in [0.2, 0.25) is 0 Å². The second kappa shape index (κ2) is 7.71. The molecule has 1 saturated carbocycles. The normalized spacial score (nSPS) is 30.4. The van der Waals surface area contributed by atoms with Gasteiger partial charge in [0.2, 0.25) is 0 Å². The van der Waals surface area contributed by atoms with E-state index in [-0.39, 0.29) is 22.9 Å². The van der Waals surface area contributed by atoms with Gasteiger partial charge < -0.3 is 15.4 Å². The van der Waals surface area contributed by atoms with Crippen LogP contribution in [0.25, 0.3) is 0 Å². The molecule has 0 aromatic rings. The average Bonchev–Trinajstić information content (AvgIpc) is 2.67. The highest BCUT2D eigenvalue weighted by atomic mass is 16.5. The molecule has 2 fully saturated rings. The van der Waals surface area contributed by atoms with Crippen molar-refractivity contribution in [2.24, 2.45) is 22.5 Å². The molecule has 0 bridgehead atoms. The van der Waals surface area contributed by atoms with Gasteiger partial charge in [-0.05, 0) is 17.8 Å². The van der Waals surface area contributed by atoms with Crippen LogP contribution in [-0.2, 0) is 9.53 Å². The van der Waals surface area contributed by atoms with Crippen LogP contribution in [-0.4, -0.2) is 67.7 Å². The minimum atomic E-state index is -0.0395. The molecule has 1 aliphatic heterocycles. The summed E-state index contributed by atoms with van der Waals surface area (Å²) in [5, 5.41) is 0. The third-order valence-electron chi connectivity index (χ3n) is 7.08. The molecule has 2 unspecified atom stereocenters. The van der Waals surface area contributed by atoms with Gasteiger partial charge in [0.1, 0.15) is 6.10 Å². The van der Waals surface area contributed by atoms with Crippen molar-refractivity contribution in [3.05, 3.63) is 0 Å². The second-order valence-electron chi connectivity index (χ2n) is 8.78. The Kier molecular flexibility index (Phi) is 6.32. The monoisotopic (exact) mass is 339 g/mol. The number of ether oxygens (including phenoxy) is 1. The third-order valence-corrected chi connectivity index (χ3v) is 7.08. The summed E-state index contributed by atoms with van der Waals surface area (Å²) < 4.78 is 5.89. The molecule has 24 heavy (non-hydrogen) atoms. The molecule has 1 saturated heterocycles. The van der Waals surface area contributed by atoms with Crippen molar-refractivity contribution < 1.29 is 9.53 Å². The number of piperazine rings is 1. The quantitative estimate of drug-likeness (QED) is 0.750. The molecular formula is C19H37N3O2. The van der Waals surface area contributed by atoms with Gasteiger partial charge in [-0.1, -0.05) is 34.6 Å². The smallest absolute Gasteiger partial charge is 0.307 e. The standard InChI is InChI=1S/C19H37N3O2/c1-15-14-16(19(4,5)18(15,2)3)24-17(23)6-8-21-10-12-22(9-7-20)13-11-21/h15-16H,6-14,20H2,1-5H3. The molecule has 0 radical (unpaired) electrons. The second-order valence-corrected chi connectivity index (χ2v) is 8.78. The Morgan fingerprint density at radius 3 is 2.04 bits per heavy atom. The number of hydrogen-bond donors (Lipinski definition) is 1. The largest absolute Gasteiger partial charge is 0.462 e. The summed E-state index contributed by atoms with van der Waals surface area (Å²) in [7, 11) is 0. The lowest BCUT2D eigenvalue weighted by molar-refractivity contribution is -0.156. The van der Waals surface area contributed by atoms with Crippen molar-refractivity contribution in [2.45, 2.75) is 53.6 Å². The highest BCUT2D eigenvalue weighted by Gasteiger charge is 2.54. The van der Waals surface area contributed by atoms with E-state index in [1.54, 1.807) is 0 Å². The molecule has 140 valence electrons. The Labute approximate surface area is 147 Å². The Balaban J connectivity index is 1.75. The van der Waals surface area contributed by atoms with Crippen molar-refractivity contribution in [1.82, 2.24) is 9.80 Å². The summed E-state index contributed by atoms with van der Waals surface area (Å²) in [5.41, 5.74) is 5.82. The van der Waals surface area contributed by atoms with E-state index in [4.69, 9.17) is 10.5 Å². The molecule has 2 rings (SSSR count). The van der Waals surface area contributed by atoms with E-state index in [9.17, 15) is 4.79 Å². The van der Waals surface area contributed by atoms with Gasteiger partial charge in [-0.15, -0.1) is 0 Å². The minimum absolute atomic E-state index is 0.0237. The van der Waals surface area contributed by atoms with Gasteiger partial charge in [-0.3, -0.25) is 9.69 Å². The fraction of sp³-hybridized carbons (Fsp3) is 0.947. The first-order valence-corrected chi connectivity index (χ1v) is 9.52. The lowest BCUT2D eigenvalue weighted by atomic mass is 9.67. The molecule has 5 heteroatoms. The highest BCUT2D eigenvalue weighted by molar-refractivity contribution is 5.70. The first kappa shape index (κ1) is 19.7. The predicted octanol–water partition coefficient (Wildman–Crippen LogP) is 1.96. The van der Waals surface area contributed by atoms with E-state index >= 15 is 0 Å². The number of nitrogens with zero attached hydrogens (tertiary/aromatic N) is 2. The van der Waals surface area contributed by atoms with Crippen molar-refractivity contribution in [2.75, 3.05) is 45.8 Å². The Morgan fingerprint density at radius 1 is 1.04 bits per heavy atom. The summed E-state index contributed by atoms with van der Waals surface area (Å²) >= 11 is 0.